The van der Waals surface area contributed by atoms with Crippen LogP contribution in [-0.4, -0.2) is 25.3 Å². The highest BCUT2D eigenvalue weighted by atomic mass is 79.9. The number of nitrogens with zero attached hydrogens (tertiary/aromatic N) is 4. The maximum absolute atomic E-state index is 14.2. The Bertz CT molecular complexity index is 1190. The molecule has 1 N–H and O–H groups in total. The SMILES string of the molecule is Cc1cnc2c(Br)ccc(C(=O)Nc3cc(F)c4nc(C)cn4c3)c2n1. The predicted octanol–water partition coefficient (Wildman–Crippen LogP) is 4.05. The predicted molar refractivity (Wildman–Crippen MR) is 99.8 cm³/mol. The number of halogens is 2. The number of fused-ring (bicyclic) bond motifs is 2. The summed E-state index contributed by atoms with van der Waals surface area (Å²) < 4.78 is 16.5. The highest BCUT2D eigenvalue weighted by molar-refractivity contribution is 9.10. The van der Waals surface area contributed by atoms with E-state index >= 15 is 0 Å². The fourth-order valence-electron chi connectivity index (χ4n) is 2.78. The average Bonchev–Trinajstić information content (AvgIpc) is 2.95. The van der Waals surface area contributed by atoms with Gasteiger partial charge in [0.2, 0.25) is 0 Å². The molecule has 0 unspecified atom stereocenters. The number of pyridine rings is 1. The monoisotopic (exact) mass is 413 g/mol. The number of imidazole rings is 1. The third-order valence-corrected chi connectivity index (χ3v) is 4.54. The molecule has 3 heterocycles. The van der Waals surface area contributed by atoms with Crippen molar-refractivity contribution in [3.05, 3.63) is 64.0 Å². The molecule has 3 aromatic heterocycles. The summed E-state index contributed by atoms with van der Waals surface area (Å²) in [7, 11) is 0. The second kappa shape index (κ2) is 6.14. The molecule has 0 saturated heterocycles. The van der Waals surface area contributed by atoms with E-state index < -0.39 is 11.7 Å². The first-order valence-corrected chi connectivity index (χ1v) is 8.60. The fraction of sp³-hybridized carbons (Fsp3) is 0.111. The van der Waals surface area contributed by atoms with E-state index in [1.54, 1.807) is 49.0 Å². The van der Waals surface area contributed by atoms with Crippen LogP contribution in [0.3, 0.4) is 0 Å². The van der Waals surface area contributed by atoms with Crippen molar-refractivity contribution in [2.45, 2.75) is 13.8 Å². The average molecular weight is 414 g/mol. The van der Waals surface area contributed by atoms with Crippen molar-refractivity contribution >= 4 is 44.2 Å². The molecule has 0 spiro atoms. The van der Waals surface area contributed by atoms with E-state index in [0.717, 1.165) is 4.47 Å². The van der Waals surface area contributed by atoms with Crippen molar-refractivity contribution in [1.82, 2.24) is 19.4 Å². The lowest BCUT2D eigenvalue weighted by atomic mass is 10.1. The molecular formula is C18H13BrFN5O. The number of amides is 1. The van der Waals surface area contributed by atoms with E-state index in [0.29, 0.717) is 33.7 Å². The summed E-state index contributed by atoms with van der Waals surface area (Å²) in [4.78, 5) is 25.6. The normalized spacial score (nSPS) is 11.2. The van der Waals surface area contributed by atoms with Crippen LogP contribution >= 0.6 is 15.9 Å². The minimum absolute atomic E-state index is 0.219. The summed E-state index contributed by atoms with van der Waals surface area (Å²) in [6.07, 6.45) is 4.95. The van der Waals surface area contributed by atoms with Gasteiger partial charge >= 0.3 is 0 Å². The largest absolute Gasteiger partial charge is 0.320 e. The first-order chi connectivity index (χ1) is 12.4. The Labute approximate surface area is 156 Å². The van der Waals surface area contributed by atoms with Gasteiger partial charge in [0, 0.05) is 29.1 Å². The Hall–Kier alpha value is -2.87. The fourth-order valence-corrected chi connectivity index (χ4v) is 3.21. The molecule has 6 nitrogen and oxygen atoms in total. The Morgan fingerprint density at radius 2 is 1.96 bits per heavy atom. The van der Waals surface area contributed by atoms with Crippen LogP contribution in [-0.2, 0) is 0 Å². The Morgan fingerprint density at radius 3 is 2.77 bits per heavy atom. The van der Waals surface area contributed by atoms with Crippen molar-refractivity contribution < 1.29 is 9.18 Å². The third-order valence-electron chi connectivity index (χ3n) is 3.90. The number of aromatic nitrogens is 4. The van der Waals surface area contributed by atoms with Crippen LogP contribution in [0.1, 0.15) is 21.7 Å². The number of carbonyl (C=O) groups is 1. The molecule has 0 saturated carbocycles. The second-order valence-corrected chi connectivity index (χ2v) is 6.80. The van der Waals surface area contributed by atoms with E-state index in [9.17, 15) is 9.18 Å². The van der Waals surface area contributed by atoms with Gasteiger partial charge in [0.1, 0.15) is 11.0 Å². The van der Waals surface area contributed by atoms with Crippen LogP contribution in [0, 0.1) is 19.7 Å². The van der Waals surface area contributed by atoms with E-state index in [-0.39, 0.29) is 5.65 Å². The van der Waals surface area contributed by atoms with Crippen molar-refractivity contribution in [2.24, 2.45) is 0 Å². The minimum atomic E-state index is -0.507. The molecule has 4 aromatic rings. The molecule has 0 aliphatic rings. The molecule has 0 aliphatic heterocycles. The van der Waals surface area contributed by atoms with Gasteiger partial charge in [0.05, 0.1) is 22.6 Å². The first-order valence-electron chi connectivity index (χ1n) is 7.80. The molecule has 0 bridgehead atoms. The quantitative estimate of drug-likeness (QED) is 0.537. The molecule has 130 valence electrons. The number of hydrogen-bond acceptors (Lipinski definition) is 4. The molecule has 8 heteroatoms. The second-order valence-electron chi connectivity index (χ2n) is 5.95. The van der Waals surface area contributed by atoms with Crippen LogP contribution in [0.25, 0.3) is 16.7 Å². The van der Waals surface area contributed by atoms with Crippen molar-refractivity contribution in [3.8, 4) is 0 Å². The zero-order valence-corrected chi connectivity index (χ0v) is 15.5. The number of benzene rings is 1. The van der Waals surface area contributed by atoms with Gasteiger partial charge in [-0.25, -0.2) is 14.4 Å². The lowest BCUT2D eigenvalue weighted by Gasteiger charge is -2.09. The van der Waals surface area contributed by atoms with Crippen LogP contribution in [0.5, 0.6) is 0 Å². The van der Waals surface area contributed by atoms with Gasteiger partial charge in [0.15, 0.2) is 11.5 Å². The molecule has 0 aliphatic carbocycles. The number of aryl methyl sites for hydroxylation is 2. The highest BCUT2D eigenvalue weighted by Crippen LogP contribution is 2.25. The Morgan fingerprint density at radius 1 is 1.15 bits per heavy atom. The molecule has 1 aromatic carbocycles. The summed E-state index contributed by atoms with van der Waals surface area (Å²) in [6, 6.07) is 4.65. The minimum Gasteiger partial charge on any atom is -0.320 e. The van der Waals surface area contributed by atoms with Gasteiger partial charge < -0.3 is 9.72 Å². The van der Waals surface area contributed by atoms with Gasteiger partial charge in [-0.15, -0.1) is 0 Å². The number of anilines is 1. The van der Waals surface area contributed by atoms with Crippen LogP contribution < -0.4 is 5.32 Å². The molecule has 26 heavy (non-hydrogen) atoms. The zero-order chi connectivity index (χ0) is 18.4. The molecule has 4 rings (SSSR count). The van der Waals surface area contributed by atoms with Crippen LogP contribution in [0.15, 0.2) is 41.3 Å². The maximum Gasteiger partial charge on any atom is 0.257 e. The van der Waals surface area contributed by atoms with Gasteiger partial charge in [0.25, 0.3) is 5.91 Å². The number of hydrogen-bond donors (Lipinski definition) is 1. The van der Waals surface area contributed by atoms with Gasteiger partial charge in [-0.05, 0) is 41.9 Å². The summed E-state index contributed by atoms with van der Waals surface area (Å²) in [6.45, 7) is 3.58. The smallest absolute Gasteiger partial charge is 0.257 e. The molecule has 0 fully saturated rings. The standard InChI is InChI=1S/C18H13BrFN5O/c1-9-6-21-16-13(19)4-3-12(15(16)22-9)18(26)24-11-5-14(20)17-23-10(2)7-25(17)8-11/h3-8H,1-2H3,(H,24,26). The summed E-state index contributed by atoms with van der Waals surface area (Å²) >= 11 is 3.42. The number of rotatable bonds is 2. The summed E-state index contributed by atoms with van der Waals surface area (Å²) in [5.41, 5.74) is 3.38. The maximum atomic E-state index is 14.2. The van der Waals surface area contributed by atoms with Crippen LogP contribution in [0.4, 0.5) is 10.1 Å². The number of carbonyl (C=O) groups excluding carboxylic acids is 1. The van der Waals surface area contributed by atoms with Gasteiger partial charge in [-0.1, -0.05) is 0 Å². The van der Waals surface area contributed by atoms with Gasteiger partial charge in [-0.3, -0.25) is 9.78 Å². The molecule has 1 amide bonds. The number of nitrogens with one attached hydrogen (secondary N) is 1. The van der Waals surface area contributed by atoms with E-state index in [1.165, 1.54) is 6.07 Å². The third kappa shape index (κ3) is 2.82. The lowest BCUT2D eigenvalue weighted by molar-refractivity contribution is 0.102. The summed E-state index contributed by atoms with van der Waals surface area (Å²) in [5, 5.41) is 2.72. The molecular weight excluding hydrogens is 401 g/mol. The van der Waals surface area contributed by atoms with Gasteiger partial charge in [-0.2, -0.15) is 0 Å². The van der Waals surface area contributed by atoms with E-state index in [2.05, 4.69) is 36.2 Å². The van der Waals surface area contributed by atoms with Crippen molar-refractivity contribution in [1.29, 1.82) is 0 Å². The van der Waals surface area contributed by atoms with E-state index in [1.807, 2.05) is 0 Å². The molecule has 0 atom stereocenters. The van der Waals surface area contributed by atoms with Crippen LogP contribution in [0.2, 0.25) is 0 Å². The molecule has 0 radical (unpaired) electrons. The lowest BCUT2D eigenvalue weighted by Crippen LogP contribution is -2.14. The summed E-state index contributed by atoms with van der Waals surface area (Å²) in [5.74, 6) is -0.898. The zero-order valence-electron chi connectivity index (χ0n) is 13.9. The Balaban J connectivity index is 1.76. The highest BCUT2D eigenvalue weighted by Gasteiger charge is 2.16. The topological polar surface area (TPSA) is 72.2 Å². The van der Waals surface area contributed by atoms with E-state index in [4.69, 9.17) is 0 Å². The Kier molecular flexibility index (Phi) is 3.91. The van der Waals surface area contributed by atoms with Crippen molar-refractivity contribution in [3.63, 3.8) is 0 Å². The first kappa shape index (κ1) is 16.6. The van der Waals surface area contributed by atoms with Crippen molar-refractivity contribution in [2.75, 3.05) is 5.32 Å².